The van der Waals surface area contributed by atoms with Crippen LogP contribution in [-0.2, 0) is 14.8 Å². The molecule has 1 aromatic carbocycles. The number of nitrogen functional groups attached to an aromatic ring is 1. The minimum atomic E-state index is -3.59. The zero-order chi connectivity index (χ0) is 15.1. The first-order chi connectivity index (χ1) is 9.12. The Balaban J connectivity index is 2.36. The number of anilines is 1. The summed E-state index contributed by atoms with van der Waals surface area (Å²) >= 11 is 5.83. The molecule has 0 radical (unpaired) electrons. The van der Waals surface area contributed by atoms with E-state index in [9.17, 15) is 8.42 Å². The molecule has 7 heteroatoms. The van der Waals surface area contributed by atoms with Gasteiger partial charge in [0, 0.05) is 13.1 Å². The topological polar surface area (TPSA) is 72.6 Å². The fraction of sp³-hybridized carbons (Fsp3) is 0.538. The highest BCUT2D eigenvalue weighted by molar-refractivity contribution is 7.89. The summed E-state index contributed by atoms with van der Waals surface area (Å²) in [5.41, 5.74) is 5.43. The Morgan fingerprint density at radius 1 is 1.45 bits per heavy atom. The maximum Gasteiger partial charge on any atom is 0.243 e. The molecule has 0 aliphatic carbocycles. The van der Waals surface area contributed by atoms with E-state index in [0.717, 1.165) is 0 Å². The average Bonchev–Trinajstić information content (AvgIpc) is 2.30. The van der Waals surface area contributed by atoms with Crippen molar-refractivity contribution in [2.45, 2.75) is 37.4 Å². The van der Waals surface area contributed by atoms with E-state index in [1.807, 2.05) is 20.8 Å². The van der Waals surface area contributed by atoms with Crippen LogP contribution in [0.15, 0.2) is 23.1 Å². The fourth-order valence-electron chi connectivity index (χ4n) is 2.41. The number of morpholine rings is 1. The van der Waals surface area contributed by atoms with Gasteiger partial charge in [-0.25, -0.2) is 8.42 Å². The molecule has 0 bridgehead atoms. The first-order valence-electron chi connectivity index (χ1n) is 6.35. The quantitative estimate of drug-likeness (QED) is 0.848. The Morgan fingerprint density at radius 2 is 2.10 bits per heavy atom. The largest absolute Gasteiger partial charge is 0.397 e. The molecule has 2 N–H and O–H groups in total. The van der Waals surface area contributed by atoms with Crippen LogP contribution in [0.4, 0.5) is 5.69 Å². The third kappa shape index (κ3) is 3.09. The first kappa shape index (κ1) is 15.6. The molecule has 0 spiro atoms. The molecule has 0 amide bonds. The second-order valence-corrected chi connectivity index (χ2v) is 8.01. The number of ether oxygens (including phenoxy) is 1. The van der Waals surface area contributed by atoms with Crippen LogP contribution < -0.4 is 5.73 Å². The molecule has 1 atom stereocenters. The van der Waals surface area contributed by atoms with E-state index >= 15 is 0 Å². The maximum absolute atomic E-state index is 12.7. The highest BCUT2D eigenvalue weighted by atomic mass is 35.5. The molecule has 2 rings (SSSR count). The summed E-state index contributed by atoms with van der Waals surface area (Å²) in [6, 6.07) is 4.37. The van der Waals surface area contributed by atoms with E-state index in [1.54, 1.807) is 0 Å². The number of nitrogens with zero attached hydrogens (tertiary/aromatic N) is 1. The van der Waals surface area contributed by atoms with Crippen LogP contribution in [0.1, 0.15) is 20.8 Å². The Hall–Kier alpha value is -0.820. The van der Waals surface area contributed by atoms with Gasteiger partial charge in [0.25, 0.3) is 0 Å². The van der Waals surface area contributed by atoms with Crippen molar-refractivity contribution < 1.29 is 13.2 Å². The van der Waals surface area contributed by atoms with Crippen molar-refractivity contribution in [1.29, 1.82) is 0 Å². The van der Waals surface area contributed by atoms with Crippen LogP contribution in [0.3, 0.4) is 0 Å². The van der Waals surface area contributed by atoms with Gasteiger partial charge in [0.05, 0.1) is 27.3 Å². The summed E-state index contributed by atoms with van der Waals surface area (Å²) in [6.45, 7) is 6.25. The molecular weight excluding hydrogens is 300 g/mol. The highest BCUT2D eigenvalue weighted by Crippen LogP contribution is 2.28. The Bertz CT molecular complexity index is 616. The molecule has 1 saturated heterocycles. The van der Waals surface area contributed by atoms with Gasteiger partial charge in [0.2, 0.25) is 10.0 Å². The standard InChI is InChI=1S/C13H19ClN2O3S/c1-9-7-16(8-13(2,3)19-9)20(17,18)10-4-5-11(14)12(15)6-10/h4-6,9H,7-8,15H2,1-3H3. The van der Waals surface area contributed by atoms with E-state index in [2.05, 4.69) is 0 Å². The number of hydrogen-bond acceptors (Lipinski definition) is 4. The van der Waals surface area contributed by atoms with Gasteiger partial charge < -0.3 is 10.5 Å². The van der Waals surface area contributed by atoms with Gasteiger partial charge in [0.1, 0.15) is 0 Å². The summed E-state index contributed by atoms with van der Waals surface area (Å²) in [4.78, 5) is 0.157. The molecule has 112 valence electrons. The lowest BCUT2D eigenvalue weighted by Gasteiger charge is -2.40. The minimum absolute atomic E-state index is 0.154. The SMILES string of the molecule is CC1CN(S(=O)(=O)c2ccc(Cl)c(N)c2)CC(C)(C)O1. The predicted octanol–water partition coefficient (Wildman–Crippen LogP) is 2.11. The van der Waals surface area contributed by atoms with E-state index in [-0.39, 0.29) is 16.7 Å². The second kappa shape index (κ2) is 5.18. The van der Waals surface area contributed by atoms with Crippen LogP contribution in [-0.4, -0.2) is 37.5 Å². The maximum atomic E-state index is 12.7. The highest BCUT2D eigenvalue weighted by Gasteiger charge is 2.37. The van der Waals surface area contributed by atoms with Crippen LogP contribution >= 0.6 is 11.6 Å². The number of sulfonamides is 1. The lowest BCUT2D eigenvalue weighted by molar-refractivity contribution is -0.109. The molecule has 20 heavy (non-hydrogen) atoms. The van der Waals surface area contributed by atoms with E-state index < -0.39 is 15.6 Å². The van der Waals surface area contributed by atoms with Crippen molar-refractivity contribution in [1.82, 2.24) is 4.31 Å². The third-order valence-electron chi connectivity index (χ3n) is 3.14. The summed E-state index contributed by atoms with van der Waals surface area (Å²) < 4.78 is 32.5. The van der Waals surface area contributed by atoms with Crippen LogP contribution in [0.5, 0.6) is 0 Å². The smallest absolute Gasteiger partial charge is 0.243 e. The van der Waals surface area contributed by atoms with Gasteiger partial charge in [-0.2, -0.15) is 4.31 Å². The zero-order valence-electron chi connectivity index (χ0n) is 11.8. The molecular formula is C13H19ClN2O3S. The number of benzene rings is 1. The van der Waals surface area contributed by atoms with Gasteiger partial charge in [0.15, 0.2) is 0 Å². The van der Waals surface area contributed by atoms with Gasteiger partial charge in [-0.3, -0.25) is 0 Å². The van der Waals surface area contributed by atoms with Gasteiger partial charge in [-0.05, 0) is 39.0 Å². The summed E-state index contributed by atoms with van der Waals surface area (Å²) in [6.07, 6.45) is -0.154. The summed E-state index contributed by atoms with van der Waals surface area (Å²) in [5.74, 6) is 0. The molecule has 1 heterocycles. The molecule has 1 aliphatic heterocycles. The van der Waals surface area contributed by atoms with E-state index in [0.29, 0.717) is 18.1 Å². The molecule has 0 saturated carbocycles. The molecule has 5 nitrogen and oxygen atoms in total. The lowest BCUT2D eigenvalue weighted by atomic mass is 10.1. The summed E-state index contributed by atoms with van der Waals surface area (Å²) in [7, 11) is -3.59. The first-order valence-corrected chi connectivity index (χ1v) is 8.17. The number of nitrogens with two attached hydrogens (primary N) is 1. The van der Waals surface area contributed by atoms with Crippen LogP contribution in [0.2, 0.25) is 5.02 Å². The number of hydrogen-bond donors (Lipinski definition) is 1. The van der Waals surface area contributed by atoms with Crippen LogP contribution in [0.25, 0.3) is 0 Å². The number of halogens is 1. The average molecular weight is 319 g/mol. The van der Waals surface area contributed by atoms with Crippen molar-refractivity contribution in [3.05, 3.63) is 23.2 Å². The van der Waals surface area contributed by atoms with Gasteiger partial charge >= 0.3 is 0 Å². The second-order valence-electron chi connectivity index (χ2n) is 5.67. The molecule has 1 aliphatic rings. The normalized spacial score (nSPS) is 23.7. The van der Waals surface area contributed by atoms with E-state index in [4.69, 9.17) is 22.1 Å². The molecule has 1 unspecified atom stereocenters. The fourth-order valence-corrected chi connectivity index (χ4v) is 4.23. The minimum Gasteiger partial charge on any atom is -0.397 e. The third-order valence-corrected chi connectivity index (χ3v) is 5.30. The number of rotatable bonds is 2. The van der Waals surface area contributed by atoms with Crippen molar-refractivity contribution in [2.24, 2.45) is 0 Å². The lowest BCUT2D eigenvalue weighted by Crippen LogP contribution is -2.53. The van der Waals surface area contributed by atoms with Crippen LogP contribution in [0, 0.1) is 0 Å². The monoisotopic (exact) mass is 318 g/mol. The predicted molar refractivity (Wildman–Crippen MR) is 79.2 cm³/mol. The Morgan fingerprint density at radius 3 is 2.65 bits per heavy atom. The molecule has 1 fully saturated rings. The van der Waals surface area contributed by atoms with Gasteiger partial charge in [-0.1, -0.05) is 11.6 Å². The van der Waals surface area contributed by atoms with Gasteiger partial charge in [-0.15, -0.1) is 0 Å². The van der Waals surface area contributed by atoms with Crippen molar-refractivity contribution in [3.8, 4) is 0 Å². The van der Waals surface area contributed by atoms with Crippen molar-refractivity contribution in [2.75, 3.05) is 18.8 Å². The Labute approximate surface area is 124 Å². The summed E-state index contributed by atoms with van der Waals surface area (Å²) in [5, 5.41) is 0.347. The molecule has 0 aromatic heterocycles. The Kier molecular flexibility index (Phi) is 4.03. The van der Waals surface area contributed by atoms with E-state index in [1.165, 1.54) is 22.5 Å². The molecule has 1 aromatic rings. The van der Waals surface area contributed by atoms with Crippen molar-refractivity contribution >= 4 is 27.3 Å². The van der Waals surface area contributed by atoms with Crippen molar-refractivity contribution in [3.63, 3.8) is 0 Å². The zero-order valence-corrected chi connectivity index (χ0v) is 13.3.